The topological polar surface area (TPSA) is 55.3 Å². The van der Waals surface area contributed by atoms with Gasteiger partial charge in [-0.2, -0.15) is 0 Å². The predicted molar refractivity (Wildman–Crippen MR) is 95.3 cm³/mol. The van der Waals surface area contributed by atoms with Gasteiger partial charge in [0.15, 0.2) is 0 Å². The van der Waals surface area contributed by atoms with Crippen molar-refractivity contribution in [3.63, 3.8) is 0 Å². The van der Waals surface area contributed by atoms with Crippen molar-refractivity contribution in [1.82, 2.24) is 14.9 Å². The number of aryl methyl sites for hydroxylation is 1. The first-order chi connectivity index (χ1) is 12.2. The zero-order chi connectivity index (χ0) is 17.2. The molecule has 0 N–H and O–H groups in total. The smallest absolute Gasteiger partial charge is 0.254 e. The summed E-state index contributed by atoms with van der Waals surface area (Å²) < 4.78 is 5.87. The fourth-order valence-corrected chi connectivity index (χ4v) is 3.19. The van der Waals surface area contributed by atoms with E-state index in [1.165, 1.54) is 0 Å². The van der Waals surface area contributed by atoms with Crippen molar-refractivity contribution in [2.24, 2.45) is 0 Å². The molecule has 1 aliphatic rings. The van der Waals surface area contributed by atoms with Gasteiger partial charge in [0.25, 0.3) is 5.91 Å². The number of aromatic nitrogens is 2. The summed E-state index contributed by atoms with van der Waals surface area (Å²) in [4.78, 5) is 23.3. The molecule has 5 heteroatoms. The quantitative estimate of drug-likeness (QED) is 0.723. The number of fused-ring (bicyclic) bond motifs is 1. The van der Waals surface area contributed by atoms with Crippen LogP contribution >= 0.6 is 0 Å². The minimum atomic E-state index is -0.110. The molecule has 0 bridgehead atoms. The van der Waals surface area contributed by atoms with Gasteiger partial charge in [0.2, 0.25) is 0 Å². The van der Waals surface area contributed by atoms with Gasteiger partial charge >= 0.3 is 0 Å². The second-order valence-corrected chi connectivity index (χ2v) is 6.25. The number of ether oxygens (including phenoxy) is 1. The Morgan fingerprint density at radius 1 is 1.16 bits per heavy atom. The van der Waals surface area contributed by atoms with Gasteiger partial charge in [0, 0.05) is 35.6 Å². The first-order valence-corrected chi connectivity index (χ1v) is 8.39. The summed E-state index contributed by atoms with van der Waals surface area (Å²) in [6, 6.07) is 13.5. The number of benzene rings is 1. The van der Waals surface area contributed by atoms with E-state index in [-0.39, 0.29) is 12.0 Å². The van der Waals surface area contributed by atoms with E-state index in [2.05, 4.69) is 9.97 Å². The molecule has 25 heavy (non-hydrogen) atoms. The maximum Gasteiger partial charge on any atom is 0.254 e. The lowest BCUT2D eigenvalue weighted by Crippen LogP contribution is -2.42. The Morgan fingerprint density at radius 2 is 2.08 bits per heavy atom. The Hall–Kier alpha value is -2.79. The van der Waals surface area contributed by atoms with Gasteiger partial charge in [0.05, 0.1) is 18.7 Å². The molecule has 1 atom stereocenters. The molecule has 126 valence electrons. The molecule has 0 aliphatic carbocycles. The van der Waals surface area contributed by atoms with Crippen molar-refractivity contribution < 1.29 is 9.53 Å². The van der Waals surface area contributed by atoms with Crippen LogP contribution in [0.15, 0.2) is 54.9 Å². The van der Waals surface area contributed by atoms with Crippen LogP contribution in [0.2, 0.25) is 0 Å². The number of carbonyl (C=O) groups is 1. The SMILES string of the molecule is Cc1cc(C2CN(C(=O)c3ccc4ncccc4c3)CCO2)ccn1. The summed E-state index contributed by atoms with van der Waals surface area (Å²) in [7, 11) is 0. The molecule has 1 amide bonds. The van der Waals surface area contributed by atoms with Crippen LogP contribution in [-0.2, 0) is 4.74 Å². The number of nitrogens with zero attached hydrogens (tertiary/aromatic N) is 3. The van der Waals surface area contributed by atoms with Crippen molar-refractivity contribution in [3.05, 3.63) is 71.7 Å². The Balaban J connectivity index is 1.56. The molecule has 1 unspecified atom stereocenters. The molecule has 5 nitrogen and oxygen atoms in total. The average Bonchev–Trinajstić information content (AvgIpc) is 2.67. The monoisotopic (exact) mass is 333 g/mol. The zero-order valence-corrected chi connectivity index (χ0v) is 14.1. The molecule has 0 saturated carbocycles. The zero-order valence-electron chi connectivity index (χ0n) is 14.1. The van der Waals surface area contributed by atoms with Crippen molar-refractivity contribution in [3.8, 4) is 0 Å². The Morgan fingerprint density at radius 3 is 2.96 bits per heavy atom. The van der Waals surface area contributed by atoms with Crippen LogP contribution in [0.4, 0.5) is 0 Å². The van der Waals surface area contributed by atoms with Crippen LogP contribution in [0.25, 0.3) is 10.9 Å². The molecule has 2 aromatic heterocycles. The molecule has 1 saturated heterocycles. The third-order valence-corrected chi connectivity index (χ3v) is 4.50. The molecular weight excluding hydrogens is 314 g/mol. The highest BCUT2D eigenvalue weighted by Gasteiger charge is 2.26. The average molecular weight is 333 g/mol. The van der Waals surface area contributed by atoms with E-state index >= 15 is 0 Å². The summed E-state index contributed by atoms with van der Waals surface area (Å²) >= 11 is 0. The summed E-state index contributed by atoms with van der Waals surface area (Å²) in [5.41, 5.74) is 3.59. The molecule has 0 radical (unpaired) electrons. The van der Waals surface area contributed by atoms with Crippen molar-refractivity contribution in [2.45, 2.75) is 13.0 Å². The van der Waals surface area contributed by atoms with E-state index in [0.717, 1.165) is 22.2 Å². The van der Waals surface area contributed by atoms with E-state index in [1.54, 1.807) is 12.4 Å². The maximum atomic E-state index is 12.9. The summed E-state index contributed by atoms with van der Waals surface area (Å²) in [6.07, 6.45) is 3.43. The van der Waals surface area contributed by atoms with E-state index < -0.39 is 0 Å². The number of amides is 1. The normalized spacial score (nSPS) is 17.6. The number of pyridine rings is 2. The lowest BCUT2D eigenvalue weighted by Gasteiger charge is -2.33. The number of hydrogen-bond donors (Lipinski definition) is 0. The predicted octanol–water partition coefficient (Wildman–Crippen LogP) is 3.15. The fourth-order valence-electron chi connectivity index (χ4n) is 3.19. The van der Waals surface area contributed by atoms with Gasteiger partial charge in [-0.3, -0.25) is 14.8 Å². The summed E-state index contributed by atoms with van der Waals surface area (Å²) in [6.45, 7) is 3.64. The van der Waals surface area contributed by atoms with Crippen molar-refractivity contribution in [1.29, 1.82) is 0 Å². The second kappa shape index (κ2) is 6.61. The molecular formula is C20H19N3O2. The third-order valence-electron chi connectivity index (χ3n) is 4.50. The molecule has 3 aromatic rings. The Labute approximate surface area is 146 Å². The van der Waals surface area contributed by atoms with Gasteiger partial charge in [-0.05, 0) is 48.9 Å². The van der Waals surface area contributed by atoms with Gasteiger partial charge < -0.3 is 9.64 Å². The Bertz CT molecular complexity index is 925. The van der Waals surface area contributed by atoms with Crippen LogP contribution in [0.1, 0.15) is 27.7 Å². The molecule has 0 spiro atoms. The van der Waals surface area contributed by atoms with Gasteiger partial charge in [0.1, 0.15) is 6.10 Å². The summed E-state index contributed by atoms with van der Waals surface area (Å²) in [5, 5.41) is 0.975. The van der Waals surface area contributed by atoms with E-state index in [9.17, 15) is 4.79 Å². The number of hydrogen-bond acceptors (Lipinski definition) is 4. The Kier molecular flexibility index (Phi) is 4.15. The number of morpholine rings is 1. The van der Waals surface area contributed by atoms with E-state index in [4.69, 9.17) is 4.74 Å². The minimum Gasteiger partial charge on any atom is -0.370 e. The molecule has 3 heterocycles. The highest BCUT2D eigenvalue weighted by atomic mass is 16.5. The van der Waals surface area contributed by atoms with Gasteiger partial charge in [-0.25, -0.2) is 0 Å². The lowest BCUT2D eigenvalue weighted by molar-refractivity contribution is -0.0228. The largest absolute Gasteiger partial charge is 0.370 e. The van der Waals surface area contributed by atoms with Crippen LogP contribution in [0.5, 0.6) is 0 Å². The van der Waals surface area contributed by atoms with Crippen molar-refractivity contribution >= 4 is 16.8 Å². The molecule has 1 aliphatic heterocycles. The first kappa shape index (κ1) is 15.7. The molecule has 1 aromatic carbocycles. The van der Waals surface area contributed by atoms with Crippen LogP contribution in [0.3, 0.4) is 0 Å². The summed E-state index contributed by atoms with van der Waals surface area (Å²) in [5.74, 6) is 0.0323. The van der Waals surface area contributed by atoms with Crippen LogP contribution < -0.4 is 0 Å². The molecule has 4 rings (SSSR count). The maximum absolute atomic E-state index is 12.9. The number of rotatable bonds is 2. The van der Waals surface area contributed by atoms with Gasteiger partial charge in [-0.15, -0.1) is 0 Å². The van der Waals surface area contributed by atoms with E-state index in [1.807, 2.05) is 54.3 Å². The minimum absolute atomic E-state index is 0.0323. The highest BCUT2D eigenvalue weighted by Crippen LogP contribution is 2.24. The third kappa shape index (κ3) is 3.23. The molecule has 1 fully saturated rings. The first-order valence-electron chi connectivity index (χ1n) is 8.39. The second-order valence-electron chi connectivity index (χ2n) is 6.25. The van der Waals surface area contributed by atoms with Crippen molar-refractivity contribution in [2.75, 3.05) is 19.7 Å². The van der Waals surface area contributed by atoms with Gasteiger partial charge in [-0.1, -0.05) is 6.07 Å². The van der Waals surface area contributed by atoms with E-state index in [0.29, 0.717) is 25.3 Å². The van der Waals surface area contributed by atoms with Crippen LogP contribution in [0, 0.1) is 6.92 Å². The fraction of sp³-hybridized carbons (Fsp3) is 0.250. The lowest BCUT2D eigenvalue weighted by atomic mass is 10.1. The van der Waals surface area contributed by atoms with Crippen LogP contribution in [-0.4, -0.2) is 40.5 Å². The standard InChI is InChI=1S/C20H19N3O2/c1-14-11-16(6-8-21-14)19-13-23(9-10-25-19)20(24)17-4-5-18-15(12-17)3-2-7-22-18/h2-8,11-12,19H,9-10,13H2,1H3. The number of carbonyl (C=O) groups excluding carboxylic acids is 1. The highest BCUT2D eigenvalue weighted by molar-refractivity contribution is 5.98.